The van der Waals surface area contributed by atoms with Crippen LogP contribution >= 0.6 is 0 Å². The second-order valence-electron chi connectivity index (χ2n) is 7.17. The Bertz CT molecular complexity index is 419. The van der Waals surface area contributed by atoms with E-state index in [2.05, 4.69) is 24.5 Å². The highest BCUT2D eigenvalue weighted by molar-refractivity contribution is 6.27. The van der Waals surface area contributed by atoms with Gasteiger partial charge >= 0.3 is 11.9 Å². The van der Waals surface area contributed by atoms with Crippen molar-refractivity contribution in [2.24, 2.45) is 10.8 Å². The number of carboxylic acids is 2. The predicted octanol–water partition coefficient (Wildman–Crippen LogP) is -0.0748. The van der Waals surface area contributed by atoms with Crippen LogP contribution in [0.2, 0.25) is 0 Å². The number of carboxylic acid groups (broad SMARTS) is 2. The van der Waals surface area contributed by atoms with Crippen LogP contribution in [0, 0.1) is 10.8 Å². The molecule has 4 heterocycles. The van der Waals surface area contributed by atoms with Crippen LogP contribution in [-0.4, -0.2) is 73.8 Å². The van der Waals surface area contributed by atoms with E-state index in [0.29, 0.717) is 22.9 Å². The number of hydrogen-bond acceptors (Lipinski definition) is 6. The fourth-order valence-electron chi connectivity index (χ4n) is 3.46. The zero-order chi connectivity index (χ0) is 17.8. The summed E-state index contributed by atoms with van der Waals surface area (Å²) in [6.07, 6.45) is 2.63. The van der Waals surface area contributed by atoms with Crippen molar-refractivity contribution in [2.45, 2.75) is 38.8 Å². The van der Waals surface area contributed by atoms with Crippen molar-refractivity contribution in [1.82, 2.24) is 10.6 Å². The second-order valence-corrected chi connectivity index (χ2v) is 7.17. The zero-order valence-electron chi connectivity index (χ0n) is 14.3. The lowest BCUT2D eigenvalue weighted by Crippen LogP contribution is -2.49. The molecule has 0 radical (unpaired) electrons. The minimum atomic E-state index is -1.82. The lowest BCUT2D eigenvalue weighted by atomic mass is 9.79. The van der Waals surface area contributed by atoms with Crippen LogP contribution in [0.1, 0.15) is 26.7 Å². The molecule has 138 valence electrons. The Balaban J connectivity index is 0.000000134. The number of rotatable bonds is 0. The van der Waals surface area contributed by atoms with Crippen LogP contribution in [0.15, 0.2) is 0 Å². The van der Waals surface area contributed by atoms with Crippen molar-refractivity contribution < 1.29 is 29.3 Å². The average Bonchev–Trinajstić information content (AvgIpc) is 3.02. The lowest BCUT2D eigenvalue weighted by Gasteiger charge is -2.41. The van der Waals surface area contributed by atoms with E-state index in [1.54, 1.807) is 0 Å². The lowest BCUT2D eigenvalue weighted by molar-refractivity contribution is -0.159. The summed E-state index contributed by atoms with van der Waals surface area (Å²) in [5.74, 6) is -3.65. The summed E-state index contributed by atoms with van der Waals surface area (Å²) in [4.78, 5) is 18.2. The van der Waals surface area contributed by atoms with E-state index in [9.17, 15) is 0 Å². The van der Waals surface area contributed by atoms with Gasteiger partial charge < -0.3 is 30.3 Å². The minimum absolute atomic E-state index is 0.542. The maximum atomic E-state index is 9.10. The van der Waals surface area contributed by atoms with Crippen LogP contribution in [0.25, 0.3) is 0 Å². The van der Waals surface area contributed by atoms with Crippen LogP contribution in [0.4, 0.5) is 0 Å². The third-order valence-corrected chi connectivity index (χ3v) is 5.72. The summed E-state index contributed by atoms with van der Waals surface area (Å²) in [5.41, 5.74) is 1.08. The van der Waals surface area contributed by atoms with Crippen molar-refractivity contribution in [3.05, 3.63) is 0 Å². The third-order valence-electron chi connectivity index (χ3n) is 5.72. The van der Waals surface area contributed by atoms with E-state index in [1.165, 1.54) is 25.9 Å². The third kappa shape index (κ3) is 4.05. The SMILES string of the molecule is CC1NCCC12COC2.CC1NCCC12COC2.O=C(O)C(=O)O. The Morgan fingerprint density at radius 1 is 0.833 bits per heavy atom. The standard InChI is InChI=1S/2C7H13NO.C2H2O4/c2*1-6-7(2-3-8-6)4-9-5-7;3-1(4)2(5)6/h2*6,8H,2-5H2,1H3;(H,3,4)(H,5,6). The molecule has 24 heavy (non-hydrogen) atoms. The molecule has 2 unspecified atom stereocenters. The summed E-state index contributed by atoms with van der Waals surface area (Å²) < 4.78 is 10.4. The molecule has 8 heteroatoms. The van der Waals surface area contributed by atoms with Crippen LogP contribution in [0.5, 0.6) is 0 Å². The molecule has 0 aromatic rings. The first-order chi connectivity index (χ1) is 11.3. The van der Waals surface area contributed by atoms with Crippen LogP contribution < -0.4 is 10.6 Å². The molecular weight excluding hydrogens is 316 g/mol. The fraction of sp³-hybridized carbons (Fsp3) is 0.875. The molecule has 4 aliphatic heterocycles. The highest BCUT2D eigenvalue weighted by Gasteiger charge is 2.47. The molecule has 2 atom stereocenters. The Labute approximate surface area is 141 Å². The zero-order valence-corrected chi connectivity index (χ0v) is 14.3. The molecule has 4 N–H and O–H groups in total. The number of aliphatic carboxylic acids is 2. The van der Waals surface area contributed by atoms with Gasteiger partial charge in [0.25, 0.3) is 0 Å². The predicted molar refractivity (Wildman–Crippen MR) is 85.9 cm³/mol. The van der Waals surface area contributed by atoms with Crippen molar-refractivity contribution >= 4 is 11.9 Å². The quantitative estimate of drug-likeness (QED) is 0.451. The Morgan fingerprint density at radius 3 is 1.25 bits per heavy atom. The highest BCUT2D eigenvalue weighted by Crippen LogP contribution is 2.38. The largest absolute Gasteiger partial charge is 0.473 e. The fourth-order valence-corrected chi connectivity index (χ4v) is 3.46. The first-order valence-corrected chi connectivity index (χ1v) is 8.40. The monoisotopic (exact) mass is 344 g/mol. The Morgan fingerprint density at radius 2 is 1.17 bits per heavy atom. The number of ether oxygens (including phenoxy) is 2. The molecule has 4 saturated heterocycles. The average molecular weight is 344 g/mol. The molecule has 0 bridgehead atoms. The summed E-state index contributed by atoms with van der Waals surface area (Å²) >= 11 is 0. The van der Waals surface area contributed by atoms with Gasteiger partial charge in [0.2, 0.25) is 0 Å². The maximum absolute atomic E-state index is 9.10. The molecular formula is C16H28N2O6. The first-order valence-electron chi connectivity index (χ1n) is 8.40. The van der Waals surface area contributed by atoms with Crippen LogP contribution in [0.3, 0.4) is 0 Å². The van der Waals surface area contributed by atoms with Crippen LogP contribution in [-0.2, 0) is 19.1 Å². The molecule has 4 aliphatic rings. The second kappa shape index (κ2) is 7.77. The van der Waals surface area contributed by atoms with Gasteiger partial charge in [0, 0.05) is 22.9 Å². The summed E-state index contributed by atoms with van der Waals surface area (Å²) in [6, 6.07) is 1.37. The molecule has 0 amide bonds. The molecule has 2 spiro atoms. The Hall–Kier alpha value is -1.22. The van der Waals surface area contributed by atoms with E-state index >= 15 is 0 Å². The van der Waals surface area contributed by atoms with E-state index in [1.807, 2.05) is 0 Å². The van der Waals surface area contributed by atoms with Crippen molar-refractivity contribution in [3.8, 4) is 0 Å². The molecule has 0 aliphatic carbocycles. The Kier molecular flexibility index (Phi) is 6.19. The number of nitrogens with one attached hydrogen (secondary N) is 2. The normalized spacial score (nSPS) is 31.1. The number of carbonyl (C=O) groups is 2. The van der Waals surface area contributed by atoms with Gasteiger partial charge in [-0.25, -0.2) is 9.59 Å². The summed E-state index contributed by atoms with van der Waals surface area (Å²) in [6.45, 7) is 10.8. The molecule has 0 saturated carbocycles. The van der Waals surface area contributed by atoms with Crippen molar-refractivity contribution in [2.75, 3.05) is 39.5 Å². The van der Waals surface area contributed by atoms with Gasteiger partial charge in [0.15, 0.2) is 0 Å². The summed E-state index contributed by atoms with van der Waals surface area (Å²) in [7, 11) is 0. The number of hydrogen-bond donors (Lipinski definition) is 4. The topological polar surface area (TPSA) is 117 Å². The van der Waals surface area contributed by atoms with E-state index in [-0.39, 0.29) is 0 Å². The molecule has 0 aromatic heterocycles. The van der Waals surface area contributed by atoms with Gasteiger partial charge in [-0.15, -0.1) is 0 Å². The van der Waals surface area contributed by atoms with Gasteiger partial charge in [0.1, 0.15) is 0 Å². The van der Waals surface area contributed by atoms with Gasteiger partial charge in [-0.3, -0.25) is 0 Å². The summed E-state index contributed by atoms with van der Waals surface area (Å²) in [5, 5.41) is 21.6. The molecule has 4 fully saturated rings. The van der Waals surface area contributed by atoms with E-state index in [0.717, 1.165) is 26.4 Å². The molecule has 0 aromatic carbocycles. The van der Waals surface area contributed by atoms with Gasteiger partial charge in [-0.05, 0) is 39.8 Å². The smallest absolute Gasteiger partial charge is 0.414 e. The van der Waals surface area contributed by atoms with Gasteiger partial charge in [-0.1, -0.05) is 0 Å². The molecule has 4 rings (SSSR count). The van der Waals surface area contributed by atoms with Gasteiger partial charge in [0.05, 0.1) is 26.4 Å². The maximum Gasteiger partial charge on any atom is 0.414 e. The van der Waals surface area contributed by atoms with Gasteiger partial charge in [-0.2, -0.15) is 0 Å². The molecule has 8 nitrogen and oxygen atoms in total. The van der Waals surface area contributed by atoms with E-state index < -0.39 is 11.9 Å². The van der Waals surface area contributed by atoms with E-state index in [4.69, 9.17) is 29.3 Å². The first kappa shape index (κ1) is 19.1. The highest BCUT2D eigenvalue weighted by atomic mass is 16.5. The minimum Gasteiger partial charge on any atom is -0.473 e. The van der Waals surface area contributed by atoms with Crippen molar-refractivity contribution in [3.63, 3.8) is 0 Å². The van der Waals surface area contributed by atoms with Crippen molar-refractivity contribution in [1.29, 1.82) is 0 Å².